The van der Waals surface area contributed by atoms with Crippen molar-refractivity contribution in [1.29, 1.82) is 0 Å². The molecule has 5 rings (SSSR count). The first-order chi connectivity index (χ1) is 16.1. The number of carbonyl (C=O) groups excluding carboxylic acids is 1. The Kier molecular flexibility index (Phi) is 6.09. The van der Waals surface area contributed by atoms with Crippen molar-refractivity contribution in [2.45, 2.75) is 12.8 Å². The first kappa shape index (κ1) is 21.6. The fraction of sp³-hybridized carbons (Fsp3) is 0.250. The van der Waals surface area contributed by atoms with Crippen molar-refractivity contribution in [2.24, 2.45) is 0 Å². The van der Waals surface area contributed by atoms with Gasteiger partial charge < -0.3 is 0 Å². The van der Waals surface area contributed by atoms with Gasteiger partial charge in [-0.15, -0.1) is 0 Å². The maximum atomic E-state index is 13.5. The van der Waals surface area contributed by atoms with E-state index in [2.05, 4.69) is 44.0 Å². The fourth-order valence-electron chi connectivity index (χ4n) is 4.11. The van der Waals surface area contributed by atoms with Gasteiger partial charge in [-0.05, 0) is 0 Å². The van der Waals surface area contributed by atoms with Crippen LogP contribution in [0.15, 0.2) is 60.8 Å². The molecule has 0 atom stereocenters. The third-order valence-corrected chi connectivity index (χ3v) is 6.28. The summed E-state index contributed by atoms with van der Waals surface area (Å²) in [6.07, 6.45) is 2.95. The van der Waals surface area contributed by atoms with Gasteiger partial charge in [0.15, 0.2) is 0 Å². The van der Waals surface area contributed by atoms with Crippen LogP contribution >= 0.6 is 0 Å². The minimum atomic E-state index is -0.294. The molecule has 3 heterocycles. The second-order valence-electron chi connectivity index (χ2n) is 7.95. The number of fused-ring (bicyclic) bond motifs is 1. The molecule has 1 aliphatic heterocycles. The molecule has 1 amide bonds. The SMILES string of the molecule is O=C(CCc1ccccc1)N1CCN(n2c(-c3ccc(F)cc3)nc3cnc([As])nc32)CC1. The van der Waals surface area contributed by atoms with Crippen molar-refractivity contribution in [1.82, 2.24) is 24.5 Å². The number of aryl methyl sites for hydroxylation is 1. The van der Waals surface area contributed by atoms with Gasteiger partial charge in [-0.1, -0.05) is 30.3 Å². The molecule has 0 unspecified atom stereocenters. The molecule has 7 nitrogen and oxygen atoms in total. The molecule has 2 radical (unpaired) electrons. The van der Waals surface area contributed by atoms with Gasteiger partial charge in [-0.3, -0.25) is 0 Å². The Morgan fingerprint density at radius 3 is 2.42 bits per heavy atom. The predicted octanol–water partition coefficient (Wildman–Crippen LogP) is 1.84. The van der Waals surface area contributed by atoms with Crippen LogP contribution in [0.1, 0.15) is 12.0 Å². The number of amides is 1. The molecule has 2 aromatic heterocycles. The molecule has 166 valence electrons. The van der Waals surface area contributed by atoms with Gasteiger partial charge in [0, 0.05) is 0 Å². The van der Waals surface area contributed by atoms with E-state index in [9.17, 15) is 9.18 Å². The van der Waals surface area contributed by atoms with E-state index in [0.29, 0.717) is 54.2 Å². The molecule has 0 N–H and O–H groups in total. The molecule has 9 heteroatoms. The van der Waals surface area contributed by atoms with Crippen LogP contribution in [0.25, 0.3) is 22.6 Å². The Balaban J connectivity index is 1.35. The van der Waals surface area contributed by atoms with E-state index in [1.807, 2.05) is 27.8 Å². The first-order valence-electron chi connectivity index (χ1n) is 10.9. The van der Waals surface area contributed by atoms with Crippen LogP contribution in [-0.4, -0.2) is 73.5 Å². The van der Waals surface area contributed by atoms with Gasteiger partial charge in [0.2, 0.25) is 0 Å². The number of imidazole rings is 1. The molecule has 0 bridgehead atoms. The van der Waals surface area contributed by atoms with Crippen molar-refractivity contribution < 1.29 is 9.18 Å². The number of carbonyl (C=O) groups is 1. The summed E-state index contributed by atoms with van der Waals surface area (Å²) >= 11 is 2.35. The summed E-state index contributed by atoms with van der Waals surface area (Å²) in [6, 6.07) is 16.4. The van der Waals surface area contributed by atoms with Crippen molar-refractivity contribution >= 4 is 38.5 Å². The van der Waals surface area contributed by atoms with E-state index >= 15 is 0 Å². The van der Waals surface area contributed by atoms with E-state index < -0.39 is 0 Å². The maximum absolute atomic E-state index is 13.5. The summed E-state index contributed by atoms with van der Waals surface area (Å²) in [7, 11) is 0. The Hall–Kier alpha value is -3.25. The molecular weight excluding hydrogens is 482 g/mol. The molecule has 0 saturated carbocycles. The normalized spacial score (nSPS) is 14.1. The quantitative estimate of drug-likeness (QED) is 0.388. The van der Waals surface area contributed by atoms with Gasteiger partial charge in [-0.2, -0.15) is 0 Å². The summed E-state index contributed by atoms with van der Waals surface area (Å²) in [5, 5.41) is 2.15. The van der Waals surface area contributed by atoms with E-state index in [0.717, 1.165) is 12.0 Å². The van der Waals surface area contributed by atoms with Gasteiger partial charge in [0.1, 0.15) is 0 Å². The summed E-state index contributed by atoms with van der Waals surface area (Å²) in [4.78, 5) is 28.3. The number of piperazine rings is 1. The summed E-state index contributed by atoms with van der Waals surface area (Å²) < 4.78 is 16.1. The van der Waals surface area contributed by atoms with Crippen LogP contribution in [0.2, 0.25) is 0 Å². The second-order valence-corrected chi connectivity index (χ2v) is 8.79. The Morgan fingerprint density at radius 1 is 0.970 bits per heavy atom. The van der Waals surface area contributed by atoms with Gasteiger partial charge >= 0.3 is 170 Å². The fourth-order valence-corrected chi connectivity index (χ4v) is 4.43. The third kappa shape index (κ3) is 4.62. The van der Waals surface area contributed by atoms with Crippen LogP contribution in [0.5, 0.6) is 0 Å². The number of benzene rings is 2. The minimum absolute atomic E-state index is 0.170. The number of hydrogen-bond donors (Lipinski definition) is 0. The summed E-state index contributed by atoms with van der Waals surface area (Å²) in [6.45, 7) is 2.54. The molecule has 1 saturated heterocycles. The monoisotopic (exact) mass is 504 g/mol. The van der Waals surface area contributed by atoms with Crippen molar-refractivity contribution in [3.05, 3.63) is 72.2 Å². The number of aromatic nitrogens is 4. The topological polar surface area (TPSA) is 67.2 Å². The van der Waals surface area contributed by atoms with Crippen molar-refractivity contribution in [3.63, 3.8) is 0 Å². The third-order valence-electron chi connectivity index (χ3n) is 5.83. The average molecular weight is 504 g/mol. The van der Waals surface area contributed by atoms with Crippen LogP contribution < -0.4 is 9.62 Å². The standard InChI is InChI=1S/C24H22AsFN6O/c25-24-27-16-20-23(29-24)32(22(28-20)18-7-9-19(26)10-8-18)31-14-12-30(13-15-31)21(33)11-6-17-4-2-1-3-5-17/h1-5,7-10,16H,6,11-15H2. The molecule has 1 fully saturated rings. The van der Waals surface area contributed by atoms with E-state index in [-0.39, 0.29) is 11.7 Å². The molecule has 33 heavy (non-hydrogen) atoms. The molecule has 0 spiro atoms. The zero-order valence-corrected chi connectivity index (χ0v) is 19.8. The van der Waals surface area contributed by atoms with Gasteiger partial charge in [0.25, 0.3) is 0 Å². The first-order valence-corrected chi connectivity index (χ1v) is 11.8. The van der Waals surface area contributed by atoms with Gasteiger partial charge in [0.05, 0.1) is 0 Å². The molecule has 0 aliphatic carbocycles. The number of hydrogen-bond acceptors (Lipinski definition) is 5. The van der Waals surface area contributed by atoms with Crippen LogP contribution in [0, 0.1) is 5.82 Å². The molecular formula is C24H22AsFN6O. The van der Waals surface area contributed by atoms with Crippen LogP contribution in [0.3, 0.4) is 0 Å². The Labute approximate surface area is 199 Å². The zero-order valence-electron chi connectivity index (χ0n) is 17.9. The number of halogens is 1. The molecule has 1 aliphatic rings. The predicted molar refractivity (Wildman–Crippen MR) is 125 cm³/mol. The molecule has 4 aromatic rings. The number of nitrogens with zero attached hydrogens (tertiary/aromatic N) is 6. The average Bonchev–Trinajstić information content (AvgIpc) is 3.22. The number of rotatable bonds is 5. The van der Waals surface area contributed by atoms with Crippen molar-refractivity contribution in [3.8, 4) is 11.4 Å². The molecule has 2 aromatic carbocycles. The van der Waals surface area contributed by atoms with E-state index in [1.54, 1.807) is 18.3 Å². The van der Waals surface area contributed by atoms with E-state index in [4.69, 9.17) is 4.98 Å². The van der Waals surface area contributed by atoms with Crippen LogP contribution in [-0.2, 0) is 11.2 Å². The Bertz CT molecular complexity index is 1270. The van der Waals surface area contributed by atoms with Crippen LogP contribution in [0.4, 0.5) is 4.39 Å². The summed E-state index contributed by atoms with van der Waals surface area (Å²) in [5.41, 5.74) is 3.34. The van der Waals surface area contributed by atoms with E-state index in [1.165, 1.54) is 17.7 Å². The van der Waals surface area contributed by atoms with Crippen molar-refractivity contribution in [2.75, 3.05) is 31.2 Å². The second kappa shape index (κ2) is 9.31. The summed E-state index contributed by atoms with van der Waals surface area (Å²) in [5.74, 6) is 0.557. The Morgan fingerprint density at radius 2 is 1.70 bits per heavy atom. The zero-order chi connectivity index (χ0) is 22.8. The van der Waals surface area contributed by atoms with Gasteiger partial charge in [-0.25, -0.2) is 0 Å².